The summed E-state index contributed by atoms with van der Waals surface area (Å²) < 4.78 is 17.1. The van der Waals surface area contributed by atoms with Gasteiger partial charge in [-0.1, -0.05) is 31.9 Å². The summed E-state index contributed by atoms with van der Waals surface area (Å²) in [7, 11) is 1.70. The summed E-state index contributed by atoms with van der Waals surface area (Å²) >= 11 is 0. The maximum Gasteiger partial charge on any atom is 0.161 e. The number of hydrogen-bond acceptors (Lipinski definition) is 4. The molecule has 4 heteroatoms. The Morgan fingerprint density at radius 3 is 2.52 bits per heavy atom. The van der Waals surface area contributed by atoms with Crippen LogP contribution in [0.5, 0.6) is 17.2 Å². The van der Waals surface area contributed by atoms with Crippen LogP contribution in [0.2, 0.25) is 0 Å². The first-order valence-electron chi connectivity index (χ1n) is 10.1. The maximum atomic E-state index is 5.84. The minimum Gasteiger partial charge on any atom is -0.494 e. The van der Waals surface area contributed by atoms with Gasteiger partial charge in [0.1, 0.15) is 5.75 Å². The molecule has 1 unspecified atom stereocenters. The number of fused-ring (bicyclic) bond motifs is 1. The number of unbranched alkanes of at least 4 members (excludes halogenated alkanes) is 2. The van der Waals surface area contributed by atoms with Gasteiger partial charge in [0.15, 0.2) is 11.5 Å². The van der Waals surface area contributed by atoms with Crippen LogP contribution in [0.15, 0.2) is 36.4 Å². The molecule has 1 heterocycles. The Bertz CT molecular complexity index is 727. The molecule has 1 N–H and O–H groups in total. The fourth-order valence-electron chi connectivity index (χ4n) is 3.59. The molecule has 0 saturated heterocycles. The maximum absolute atomic E-state index is 5.84. The highest BCUT2D eigenvalue weighted by Gasteiger charge is 2.24. The first kappa shape index (κ1) is 19.6. The SMILES string of the molecule is CCCCCOc1ccc(C2NCCc3cc(OC)c(OCC)cc32)cc1. The van der Waals surface area contributed by atoms with E-state index in [9.17, 15) is 0 Å². The zero-order valence-electron chi connectivity index (χ0n) is 16.7. The van der Waals surface area contributed by atoms with Gasteiger partial charge in [0, 0.05) is 6.54 Å². The standard InChI is InChI=1S/C23H31NO3/c1-4-6-7-14-27-19-10-8-17(9-11-19)23-20-16-22(26-5-2)21(25-3)15-18(20)12-13-24-23/h8-11,15-16,23-24H,4-7,12-14H2,1-3H3. The molecule has 0 saturated carbocycles. The Balaban J connectivity index is 1.79. The van der Waals surface area contributed by atoms with E-state index in [4.69, 9.17) is 14.2 Å². The summed E-state index contributed by atoms with van der Waals surface area (Å²) in [5.74, 6) is 2.56. The predicted molar refractivity (Wildman–Crippen MR) is 109 cm³/mol. The van der Waals surface area contributed by atoms with Gasteiger partial charge in [-0.15, -0.1) is 0 Å². The molecule has 1 aliphatic heterocycles. The Labute approximate surface area is 162 Å². The molecule has 0 bridgehead atoms. The normalized spacial score (nSPS) is 15.9. The lowest BCUT2D eigenvalue weighted by molar-refractivity contribution is 0.306. The molecular weight excluding hydrogens is 338 g/mol. The van der Waals surface area contributed by atoms with E-state index in [0.29, 0.717) is 6.61 Å². The van der Waals surface area contributed by atoms with Gasteiger partial charge in [-0.3, -0.25) is 0 Å². The summed E-state index contributed by atoms with van der Waals surface area (Å²) in [5.41, 5.74) is 3.82. The van der Waals surface area contributed by atoms with Crippen LogP contribution in [0.1, 0.15) is 55.8 Å². The van der Waals surface area contributed by atoms with Crippen molar-refractivity contribution >= 4 is 0 Å². The van der Waals surface area contributed by atoms with Crippen molar-refractivity contribution in [3.05, 3.63) is 53.1 Å². The van der Waals surface area contributed by atoms with Crippen molar-refractivity contribution in [3.8, 4) is 17.2 Å². The van der Waals surface area contributed by atoms with Crippen molar-refractivity contribution in [2.24, 2.45) is 0 Å². The van der Waals surface area contributed by atoms with Crippen molar-refractivity contribution in [1.82, 2.24) is 5.32 Å². The predicted octanol–water partition coefficient (Wildman–Crippen LogP) is 4.90. The zero-order chi connectivity index (χ0) is 19.1. The molecule has 3 rings (SSSR count). The summed E-state index contributed by atoms with van der Waals surface area (Å²) in [6.07, 6.45) is 4.53. The third-order valence-corrected chi connectivity index (χ3v) is 5.01. The molecule has 1 aliphatic rings. The number of rotatable bonds is 9. The van der Waals surface area contributed by atoms with Crippen LogP contribution >= 0.6 is 0 Å². The minimum absolute atomic E-state index is 0.160. The third-order valence-electron chi connectivity index (χ3n) is 5.01. The van der Waals surface area contributed by atoms with E-state index in [-0.39, 0.29) is 6.04 Å². The zero-order valence-corrected chi connectivity index (χ0v) is 16.7. The Kier molecular flexibility index (Phi) is 6.99. The van der Waals surface area contributed by atoms with E-state index in [1.54, 1.807) is 7.11 Å². The number of benzene rings is 2. The molecule has 2 aromatic rings. The van der Waals surface area contributed by atoms with Crippen LogP contribution in [-0.4, -0.2) is 26.9 Å². The third kappa shape index (κ3) is 4.75. The lowest BCUT2D eigenvalue weighted by Crippen LogP contribution is -2.30. The smallest absolute Gasteiger partial charge is 0.161 e. The van der Waals surface area contributed by atoms with Crippen LogP contribution in [0.4, 0.5) is 0 Å². The molecule has 0 amide bonds. The number of methoxy groups -OCH3 is 1. The number of ether oxygens (including phenoxy) is 3. The second-order valence-electron chi connectivity index (χ2n) is 6.90. The van der Waals surface area contributed by atoms with E-state index in [1.165, 1.54) is 29.5 Å². The molecule has 4 nitrogen and oxygen atoms in total. The van der Waals surface area contributed by atoms with Crippen molar-refractivity contribution < 1.29 is 14.2 Å². The monoisotopic (exact) mass is 369 g/mol. The second kappa shape index (κ2) is 9.65. The van der Waals surface area contributed by atoms with Crippen molar-refractivity contribution in [1.29, 1.82) is 0 Å². The fourth-order valence-corrected chi connectivity index (χ4v) is 3.59. The molecule has 0 radical (unpaired) electrons. The van der Waals surface area contributed by atoms with Crippen molar-refractivity contribution in [3.63, 3.8) is 0 Å². The summed E-state index contributed by atoms with van der Waals surface area (Å²) in [6, 6.07) is 12.9. The van der Waals surface area contributed by atoms with Gasteiger partial charge in [0.2, 0.25) is 0 Å². The fraction of sp³-hybridized carbons (Fsp3) is 0.478. The Morgan fingerprint density at radius 2 is 1.81 bits per heavy atom. The van der Waals surface area contributed by atoms with Gasteiger partial charge in [-0.2, -0.15) is 0 Å². The lowest BCUT2D eigenvalue weighted by atomic mass is 9.89. The number of nitrogens with one attached hydrogen (secondary N) is 1. The summed E-state index contributed by atoms with van der Waals surface area (Å²) in [6.45, 7) is 6.56. The van der Waals surface area contributed by atoms with Gasteiger partial charge in [-0.05, 0) is 60.7 Å². The van der Waals surface area contributed by atoms with Crippen molar-refractivity contribution in [2.45, 2.75) is 45.6 Å². The molecule has 0 fully saturated rings. The summed E-state index contributed by atoms with van der Waals surface area (Å²) in [5, 5.41) is 3.64. The Hall–Kier alpha value is -2.20. The van der Waals surface area contributed by atoms with Crippen LogP contribution in [0.25, 0.3) is 0 Å². The second-order valence-corrected chi connectivity index (χ2v) is 6.90. The largest absolute Gasteiger partial charge is 0.494 e. The highest BCUT2D eigenvalue weighted by atomic mass is 16.5. The highest BCUT2D eigenvalue weighted by Crippen LogP contribution is 2.37. The van der Waals surface area contributed by atoms with Gasteiger partial charge in [0.05, 0.1) is 26.4 Å². The molecule has 1 atom stereocenters. The minimum atomic E-state index is 0.160. The van der Waals surface area contributed by atoms with E-state index in [2.05, 4.69) is 48.6 Å². The van der Waals surface area contributed by atoms with E-state index in [1.807, 2.05) is 6.92 Å². The van der Waals surface area contributed by atoms with Crippen molar-refractivity contribution in [2.75, 3.05) is 26.9 Å². The molecule has 0 aliphatic carbocycles. The van der Waals surface area contributed by atoms with Crippen LogP contribution < -0.4 is 19.5 Å². The van der Waals surface area contributed by atoms with Crippen LogP contribution in [-0.2, 0) is 6.42 Å². The molecule has 2 aromatic carbocycles. The average molecular weight is 370 g/mol. The quantitative estimate of drug-likeness (QED) is 0.638. The topological polar surface area (TPSA) is 39.7 Å². The Morgan fingerprint density at radius 1 is 1.00 bits per heavy atom. The van der Waals surface area contributed by atoms with E-state index < -0.39 is 0 Å². The summed E-state index contributed by atoms with van der Waals surface area (Å²) in [4.78, 5) is 0. The van der Waals surface area contributed by atoms with Crippen LogP contribution in [0, 0.1) is 0 Å². The lowest BCUT2D eigenvalue weighted by Gasteiger charge is -2.28. The highest BCUT2D eigenvalue weighted by molar-refractivity contribution is 5.51. The average Bonchev–Trinajstić information content (AvgIpc) is 2.71. The molecular formula is C23H31NO3. The van der Waals surface area contributed by atoms with Gasteiger partial charge in [0.25, 0.3) is 0 Å². The van der Waals surface area contributed by atoms with Crippen LogP contribution in [0.3, 0.4) is 0 Å². The van der Waals surface area contributed by atoms with Gasteiger partial charge < -0.3 is 19.5 Å². The first-order chi connectivity index (χ1) is 13.3. The van der Waals surface area contributed by atoms with E-state index in [0.717, 1.165) is 43.2 Å². The van der Waals surface area contributed by atoms with Gasteiger partial charge >= 0.3 is 0 Å². The molecule has 0 spiro atoms. The molecule has 146 valence electrons. The first-order valence-corrected chi connectivity index (χ1v) is 10.1. The van der Waals surface area contributed by atoms with Gasteiger partial charge in [-0.25, -0.2) is 0 Å². The van der Waals surface area contributed by atoms with E-state index >= 15 is 0 Å². The number of hydrogen-bond donors (Lipinski definition) is 1. The molecule has 27 heavy (non-hydrogen) atoms. The molecule has 0 aromatic heterocycles.